The van der Waals surface area contributed by atoms with Crippen molar-refractivity contribution in [1.29, 1.82) is 0 Å². The van der Waals surface area contributed by atoms with Crippen LogP contribution in [0.2, 0.25) is 0 Å². The maximum atomic E-state index is 10.2. The van der Waals surface area contributed by atoms with E-state index in [1.807, 2.05) is 42.5 Å². The van der Waals surface area contributed by atoms with Crippen LogP contribution in [0.25, 0.3) is 21.8 Å². The topological polar surface area (TPSA) is 353 Å². The molecule has 7 aliphatic carbocycles. The van der Waals surface area contributed by atoms with Crippen molar-refractivity contribution in [3.63, 3.8) is 0 Å². The van der Waals surface area contributed by atoms with Gasteiger partial charge in [0.2, 0.25) is 6.41 Å². The monoisotopic (exact) mass is 1620 g/mol. The van der Waals surface area contributed by atoms with Crippen molar-refractivity contribution < 1.29 is 15.0 Å². The number of aromatic nitrogens is 2. The molecule has 4 aromatic rings. The van der Waals surface area contributed by atoms with E-state index in [1.54, 1.807) is 41.8 Å². The fourth-order valence-electron chi connectivity index (χ4n) is 15.7. The normalized spacial score (nSPS) is 22.3. The molecule has 20 N–H and O–H groups in total. The number of nitrogens with two attached hydrogens (primary N) is 9. The van der Waals surface area contributed by atoms with Crippen LogP contribution in [0.5, 0.6) is 11.5 Å². The van der Waals surface area contributed by atoms with Gasteiger partial charge < -0.3 is 86.3 Å². The van der Waals surface area contributed by atoms with Gasteiger partial charge in [-0.3, -0.25) is 29.6 Å². The first-order chi connectivity index (χ1) is 55.7. The number of hydrogen-bond donors (Lipinski definition) is 11. The molecule has 1 unspecified atom stereocenters. The Morgan fingerprint density at radius 3 is 0.879 bits per heavy atom. The van der Waals surface area contributed by atoms with Crippen molar-refractivity contribution in [2.75, 3.05) is 120 Å². The van der Waals surface area contributed by atoms with Crippen LogP contribution in [0.1, 0.15) is 283 Å². The van der Waals surface area contributed by atoms with Crippen LogP contribution in [0.3, 0.4) is 0 Å². The Kier molecular flexibility index (Phi) is 56.3. The second kappa shape index (κ2) is 63.1. The highest BCUT2D eigenvalue weighted by Crippen LogP contribution is 2.29. The van der Waals surface area contributed by atoms with Crippen LogP contribution in [0.15, 0.2) is 78.2 Å². The Morgan fingerprint density at radius 1 is 0.353 bits per heavy atom. The quantitative estimate of drug-likeness (QED) is 0.0827. The van der Waals surface area contributed by atoms with Crippen LogP contribution in [-0.4, -0.2) is 241 Å². The van der Waals surface area contributed by atoms with E-state index in [4.69, 9.17) is 51.6 Å². The first-order valence-electron chi connectivity index (χ1n) is 46.2. The Bertz CT molecular complexity index is 2890. The number of carbonyl (C=O) groups is 1. The molecule has 1 atom stereocenters. The van der Waals surface area contributed by atoms with E-state index in [1.165, 1.54) is 275 Å². The maximum Gasteiger partial charge on any atom is 0.209 e. The van der Waals surface area contributed by atoms with E-state index in [-0.39, 0.29) is 17.5 Å². The van der Waals surface area contributed by atoms with Crippen LogP contribution in [0, 0.1) is 5.41 Å². The minimum Gasteiger partial charge on any atom is -0.506 e. The number of phenolic OH excluding ortho intramolecular Hbond substituents is 2. The number of benzene rings is 2. The van der Waals surface area contributed by atoms with Crippen molar-refractivity contribution in [2.24, 2.45) is 62.0 Å². The van der Waals surface area contributed by atoms with Gasteiger partial charge in [0.1, 0.15) is 22.5 Å². The molecule has 22 heteroatoms. The van der Waals surface area contributed by atoms with Gasteiger partial charge in [-0.2, -0.15) is 0 Å². The second-order valence-electron chi connectivity index (χ2n) is 36.9. The Hall–Kier alpha value is -4.86. The number of pyridine rings is 2. The number of likely N-dealkylation sites (tertiary alicyclic amines) is 1. The Labute approximate surface area is 706 Å². The van der Waals surface area contributed by atoms with Crippen molar-refractivity contribution in [1.82, 2.24) is 44.3 Å². The summed E-state index contributed by atoms with van der Waals surface area (Å²) < 4.78 is 0. The number of phenols is 2. The van der Waals surface area contributed by atoms with Gasteiger partial charge in [0.15, 0.2) is 0 Å². The number of piperazine rings is 2. The average Bonchev–Trinajstić information content (AvgIpc) is 1.17. The molecule has 22 nitrogen and oxygen atoms in total. The molecular formula is C94H175N19O3. The number of fused-ring (bicyclic) bond motifs is 2. The Balaban J connectivity index is 0.000000272. The summed E-state index contributed by atoms with van der Waals surface area (Å²) in [6.45, 7) is 25.7. The van der Waals surface area contributed by atoms with Gasteiger partial charge in [-0.05, 0) is 210 Å². The fourth-order valence-corrected chi connectivity index (χ4v) is 15.7. The van der Waals surface area contributed by atoms with Crippen molar-refractivity contribution in [3.05, 3.63) is 84.3 Å². The SMILES string of the molecule is CC(C)(C)C.CN1CCC(N)CC1.CN1CCCN(Cc2ccc(O)c3ncccc23)CC1.CN1CCN(C=O)CC1.CN1CCN(Cc2ccc(O)c3ncccc23)CC1.NC1C=CN=C1.NC1CCCCC1.NC1CCCCC1.NC1CCCCC1.NC1CCCCC1.NC1CCCCC1.NC1CCCCC1.NC1CCCCC1. The van der Waals surface area contributed by atoms with Crippen molar-refractivity contribution >= 4 is 34.4 Å². The highest BCUT2D eigenvalue weighted by Gasteiger charge is 2.20. The molecule has 664 valence electrons. The molecule has 5 aliphatic heterocycles. The number of carbonyl (C=O) groups excluding carboxylic acids is 1. The maximum absolute atomic E-state index is 10.2. The van der Waals surface area contributed by atoms with Crippen LogP contribution in [0.4, 0.5) is 0 Å². The predicted octanol–water partition coefficient (Wildman–Crippen LogP) is 14.1. The highest BCUT2D eigenvalue weighted by atomic mass is 16.3. The summed E-state index contributed by atoms with van der Waals surface area (Å²) in [5, 5.41) is 21.9. The van der Waals surface area contributed by atoms with Gasteiger partial charge in [-0.15, -0.1) is 0 Å². The minimum atomic E-state index is 0.0741. The molecule has 4 saturated heterocycles. The van der Waals surface area contributed by atoms with Gasteiger partial charge in [0.05, 0.1) is 6.04 Å². The molecule has 1 amide bonds. The first-order valence-corrected chi connectivity index (χ1v) is 46.2. The summed E-state index contributed by atoms with van der Waals surface area (Å²) in [6.07, 6.45) is 59.8. The zero-order chi connectivity index (χ0) is 84.6. The number of piperidine rings is 1. The molecule has 2 aromatic carbocycles. The van der Waals surface area contributed by atoms with Gasteiger partial charge in [0.25, 0.3) is 0 Å². The van der Waals surface area contributed by atoms with Crippen molar-refractivity contribution in [3.8, 4) is 11.5 Å². The van der Waals surface area contributed by atoms with Gasteiger partial charge in [-0.1, -0.05) is 187 Å². The molecule has 0 spiro atoms. The third-order valence-corrected chi connectivity index (χ3v) is 23.5. The molecule has 16 rings (SSSR count). The minimum absolute atomic E-state index is 0.0741. The molecule has 7 saturated carbocycles. The van der Waals surface area contributed by atoms with E-state index in [0.717, 1.165) is 102 Å². The number of amides is 1. The summed E-state index contributed by atoms with van der Waals surface area (Å²) >= 11 is 0. The number of nitrogens with zero attached hydrogens (tertiary/aromatic N) is 10. The van der Waals surface area contributed by atoms with E-state index >= 15 is 0 Å². The van der Waals surface area contributed by atoms with Gasteiger partial charge in [0, 0.05) is 162 Å². The van der Waals surface area contributed by atoms with E-state index in [2.05, 4.69) is 100 Å². The zero-order valence-electron chi connectivity index (χ0n) is 74.9. The Morgan fingerprint density at radius 2 is 0.629 bits per heavy atom. The molecule has 11 fully saturated rings. The van der Waals surface area contributed by atoms with Crippen molar-refractivity contribution in [2.45, 2.75) is 339 Å². The third kappa shape index (κ3) is 51.7. The standard InChI is InChI=1S/C16H21N3O.C15H19N3O.C6H12N2O.C6H14N2.7C6H13N.C5H12.C4H6N2/c1-18-8-3-9-19(11-10-18)12-13-5-6-15(20)16-14(13)4-2-7-17-16;1-17-7-9-18(10-8-17)11-12-4-5-14(19)15-13(12)3-2-6-16-15;1-7-2-4-8(6-9)5-3-7;1-8-4-2-6(7)3-5-8;7*7-6-4-2-1-3-5-6;1-5(2,3)4;5-4-1-2-6-3-4/h2,4-7,20H,3,8-12H2,1H3;2-6,19H,7-11H2,1H3;6H,2-5H2,1H3;6H,2-5,7H2,1H3;7*6H,1-5,7H2;1-4H3;1-4H,5H2. The third-order valence-electron chi connectivity index (χ3n) is 23.5. The number of likely N-dealkylation sites (N-methyl/N-ethyl adjacent to an activating group) is 3. The van der Waals surface area contributed by atoms with Crippen LogP contribution in [-0.2, 0) is 17.9 Å². The van der Waals surface area contributed by atoms with E-state index < -0.39 is 0 Å². The predicted molar refractivity (Wildman–Crippen MR) is 495 cm³/mol. The average molecular weight is 1620 g/mol. The van der Waals surface area contributed by atoms with Gasteiger partial charge >= 0.3 is 0 Å². The molecular weight excluding hydrogens is 1440 g/mol. The molecule has 0 radical (unpaired) electrons. The molecule has 7 heterocycles. The summed E-state index contributed by atoms with van der Waals surface area (Å²) in [6, 6.07) is 19.8. The first kappa shape index (κ1) is 103. The summed E-state index contributed by atoms with van der Waals surface area (Å²) in [5.74, 6) is 0.526. The largest absolute Gasteiger partial charge is 0.506 e. The number of aromatic hydroxyl groups is 2. The zero-order valence-corrected chi connectivity index (χ0v) is 74.9. The molecule has 12 aliphatic rings. The lowest BCUT2D eigenvalue weighted by molar-refractivity contribution is -0.119. The second-order valence-corrected chi connectivity index (χ2v) is 36.9. The smallest absolute Gasteiger partial charge is 0.209 e. The lowest BCUT2D eigenvalue weighted by Crippen LogP contribution is -2.43. The molecule has 116 heavy (non-hydrogen) atoms. The summed E-state index contributed by atoms with van der Waals surface area (Å²) in [5.41, 5.74) is 54.8. The van der Waals surface area contributed by atoms with E-state index in [9.17, 15) is 15.0 Å². The fraction of sp³-hybridized carbons (Fsp3) is 0.766. The lowest BCUT2D eigenvalue weighted by atomic mass is 9.97. The number of rotatable bonds is 5. The lowest BCUT2D eigenvalue weighted by Gasteiger charge is -2.32. The number of aliphatic imine (C=N–C) groups is 1. The summed E-state index contributed by atoms with van der Waals surface area (Å²) in [4.78, 5) is 38.5. The molecule has 2 aromatic heterocycles. The van der Waals surface area contributed by atoms with Gasteiger partial charge in [-0.25, -0.2) is 0 Å². The summed E-state index contributed by atoms with van der Waals surface area (Å²) in [7, 11) is 8.56. The highest BCUT2D eigenvalue weighted by molar-refractivity contribution is 5.88. The molecule has 0 bridgehead atoms. The number of hydrogen-bond acceptors (Lipinski definition) is 21. The van der Waals surface area contributed by atoms with Crippen LogP contribution < -0.4 is 51.6 Å². The van der Waals surface area contributed by atoms with Crippen LogP contribution >= 0.6 is 0 Å². The van der Waals surface area contributed by atoms with E-state index in [0.29, 0.717) is 64.8 Å².